The Kier molecular flexibility index (Phi) is 8.75. The molecule has 3 aromatic heterocycles. The zero-order valence-corrected chi connectivity index (χ0v) is 22.1. The molecular weight excluding hydrogens is 524 g/mol. The first-order valence-corrected chi connectivity index (χ1v) is 12.0. The van der Waals surface area contributed by atoms with Crippen molar-refractivity contribution in [3.8, 4) is 23.0 Å². The van der Waals surface area contributed by atoms with E-state index in [0.717, 1.165) is 5.39 Å². The molecule has 0 unspecified atom stereocenters. The van der Waals surface area contributed by atoms with Crippen molar-refractivity contribution in [1.29, 1.82) is 5.41 Å². The van der Waals surface area contributed by atoms with Crippen LogP contribution in [0.15, 0.2) is 73.1 Å². The maximum Gasteiger partial charge on any atom is 0.278 e. The monoisotopic (exact) mass is 548 g/mol. The second kappa shape index (κ2) is 12.6. The molecule has 0 bridgehead atoms. The van der Waals surface area contributed by atoms with Crippen molar-refractivity contribution in [2.24, 2.45) is 0 Å². The maximum absolute atomic E-state index is 12.7. The van der Waals surface area contributed by atoms with E-state index < -0.39 is 11.6 Å². The summed E-state index contributed by atoms with van der Waals surface area (Å²) >= 11 is 6.09. The Morgan fingerprint density at radius 1 is 1.03 bits per heavy atom. The third-order valence-electron chi connectivity index (χ3n) is 5.32. The summed E-state index contributed by atoms with van der Waals surface area (Å²) < 4.78 is 22.2. The van der Waals surface area contributed by atoms with E-state index in [9.17, 15) is 4.79 Å². The van der Waals surface area contributed by atoms with Gasteiger partial charge in [-0.25, -0.2) is 4.98 Å². The van der Waals surface area contributed by atoms with Gasteiger partial charge in [0.1, 0.15) is 17.3 Å². The number of carbonyl (C=O) groups excluding carboxylic acids is 1. The van der Waals surface area contributed by atoms with E-state index in [2.05, 4.69) is 25.6 Å². The zero-order chi connectivity index (χ0) is 27.8. The number of carbonyl (C=O) groups is 1. The lowest BCUT2D eigenvalue weighted by molar-refractivity contribution is -0.110. The number of anilines is 2. The van der Waals surface area contributed by atoms with E-state index in [0.29, 0.717) is 39.2 Å². The number of rotatable bonds is 11. The lowest BCUT2D eigenvalue weighted by Gasteiger charge is -2.13. The fourth-order valence-electron chi connectivity index (χ4n) is 3.45. The number of fused-ring (bicyclic) bond motifs is 1. The quantitative estimate of drug-likeness (QED) is 0.165. The number of benzene rings is 1. The van der Waals surface area contributed by atoms with Crippen LogP contribution >= 0.6 is 11.6 Å². The van der Waals surface area contributed by atoms with Gasteiger partial charge in [-0.2, -0.15) is 0 Å². The highest BCUT2D eigenvalue weighted by Gasteiger charge is 2.17. The van der Waals surface area contributed by atoms with Crippen LogP contribution in [-0.2, 0) is 9.53 Å². The first-order chi connectivity index (χ1) is 18.9. The Hall–Kier alpha value is -4.90. The minimum atomic E-state index is -0.709. The van der Waals surface area contributed by atoms with E-state index >= 15 is 0 Å². The van der Waals surface area contributed by atoms with Crippen LogP contribution in [0.3, 0.4) is 0 Å². The second-order valence-electron chi connectivity index (χ2n) is 7.79. The number of nitrogens with one attached hydrogen (secondary N) is 3. The van der Waals surface area contributed by atoms with Crippen molar-refractivity contribution in [2.45, 2.75) is 6.92 Å². The highest BCUT2D eigenvalue weighted by atomic mass is 35.5. The number of ether oxygens (including phenoxy) is 4. The summed E-state index contributed by atoms with van der Waals surface area (Å²) in [6.45, 7) is 2.00. The number of aromatic nitrogens is 3. The van der Waals surface area contributed by atoms with Crippen LogP contribution in [0.2, 0.25) is 5.02 Å². The molecule has 0 atom stereocenters. The number of pyridine rings is 3. The first kappa shape index (κ1) is 27.1. The van der Waals surface area contributed by atoms with E-state index in [1.165, 1.54) is 18.6 Å². The van der Waals surface area contributed by atoms with Crippen molar-refractivity contribution >= 4 is 45.6 Å². The molecule has 39 heavy (non-hydrogen) atoms. The Labute approximate surface area is 229 Å². The Morgan fingerprint density at radius 2 is 1.82 bits per heavy atom. The van der Waals surface area contributed by atoms with Crippen molar-refractivity contribution in [1.82, 2.24) is 15.0 Å². The van der Waals surface area contributed by atoms with Gasteiger partial charge in [-0.3, -0.25) is 20.2 Å². The number of amides is 1. The average molecular weight is 549 g/mol. The molecule has 11 nitrogen and oxygen atoms in total. The topological polar surface area (TPSA) is 141 Å². The van der Waals surface area contributed by atoms with Crippen LogP contribution in [0, 0.1) is 5.41 Å². The number of hydrogen-bond acceptors (Lipinski definition) is 10. The fourth-order valence-corrected chi connectivity index (χ4v) is 3.62. The summed E-state index contributed by atoms with van der Waals surface area (Å²) in [5.41, 5.74) is 0.817. The molecular formula is C27H25ClN6O5. The standard InChI is InChI=1S/C27H25ClN6O5/c1-4-38-24(15-32-19-7-9-30-14-18(19)28)26(29)27(35)34-25-6-5-16(13-33-25)39-21-8-10-31-20-12-23(37-3)22(36-2)11-17(20)21/h5-15,29H,4H2,1-3H3,(H,30,32)(H,33,34,35)/b24-15+,29-26?. The van der Waals surface area contributed by atoms with Crippen LogP contribution in [0.5, 0.6) is 23.0 Å². The summed E-state index contributed by atoms with van der Waals surface area (Å²) in [4.78, 5) is 25.2. The molecule has 0 aliphatic heterocycles. The van der Waals surface area contributed by atoms with Crippen LogP contribution in [-0.4, -0.2) is 47.4 Å². The SMILES string of the molecule is CCO/C(=C/Nc1ccncc1Cl)C(=N)C(=O)Nc1ccc(Oc2ccnc3cc(OC)c(OC)cc23)cn1. The van der Waals surface area contributed by atoms with Gasteiger partial charge in [0.15, 0.2) is 23.0 Å². The van der Waals surface area contributed by atoms with Gasteiger partial charge in [0.2, 0.25) is 0 Å². The van der Waals surface area contributed by atoms with Gasteiger partial charge < -0.3 is 29.6 Å². The number of halogens is 1. The van der Waals surface area contributed by atoms with Crippen LogP contribution in [0.25, 0.3) is 10.9 Å². The van der Waals surface area contributed by atoms with E-state index in [-0.39, 0.29) is 18.2 Å². The minimum absolute atomic E-state index is 0.0273. The highest BCUT2D eigenvalue weighted by molar-refractivity contribution is 6.47. The smallest absolute Gasteiger partial charge is 0.278 e. The molecule has 1 amide bonds. The second-order valence-corrected chi connectivity index (χ2v) is 8.19. The average Bonchev–Trinajstić information content (AvgIpc) is 2.96. The number of nitrogens with zero attached hydrogens (tertiary/aromatic N) is 3. The minimum Gasteiger partial charge on any atom is -0.493 e. The van der Waals surface area contributed by atoms with Gasteiger partial charge in [-0.15, -0.1) is 0 Å². The number of hydrogen-bond donors (Lipinski definition) is 3. The van der Waals surface area contributed by atoms with Gasteiger partial charge >= 0.3 is 0 Å². The lowest BCUT2D eigenvalue weighted by Crippen LogP contribution is -2.25. The highest BCUT2D eigenvalue weighted by Crippen LogP contribution is 2.36. The summed E-state index contributed by atoms with van der Waals surface area (Å²) in [5.74, 6) is 1.61. The molecule has 0 saturated carbocycles. The molecule has 1 aromatic carbocycles. The van der Waals surface area contributed by atoms with E-state index in [1.54, 1.807) is 69.9 Å². The molecule has 0 fully saturated rings. The van der Waals surface area contributed by atoms with E-state index in [1.807, 2.05) is 0 Å². The molecule has 0 aliphatic rings. The molecule has 200 valence electrons. The van der Waals surface area contributed by atoms with Crippen molar-refractivity contribution in [3.05, 3.63) is 78.2 Å². The van der Waals surface area contributed by atoms with Crippen molar-refractivity contribution in [3.63, 3.8) is 0 Å². The summed E-state index contributed by atoms with van der Waals surface area (Å²) in [6.07, 6.45) is 7.50. The van der Waals surface area contributed by atoms with Crippen molar-refractivity contribution in [2.75, 3.05) is 31.5 Å². The van der Waals surface area contributed by atoms with Gasteiger partial charge in [0.05, 0.1) is 43.3 Å². The fraction of sp³-hybridized carbons (Fsp3) is 0.148. The van der Waals surface area contributed by atoms with Crippen molar-refractivity contribution < 1.29 is 23.7 Å². The molecule has 0 radical (unpaired) electrons. The molecule has 3 heterocycles. The molecule has 3 N–H and O–H groups in total. The van der Waals surface area contributed by atoms with Gasteiger partial charge in [0, 0.05) is 36.2 Å². The predicted molar refractivity (Wildman–Crippen MR) is 148 cm³/mol. The molecule has 0 spiro atoms. The summed E-state index contributed by atoms with van der Waals surface area (Å²) in [5, 5.41) is 14.9. The lowest BCUT2D eigenvalue weighted by atomic mass is 10.2. The Bertz CT molecular complexity index is 1530. The number of methoxy groups -OCH3 is 2. The van der Waals surface area contributed by atoms with Gasteiger partial charge in [-0.05, 0) is 37.3 Å². The predicted octanol–water partition coefficient (Wildman–Crippen LogP) is 5.44. The molecule has 4 aromatic rings. The van der Waals surface area contributed by atoms with Gasteiger partial charge in [0.25, 0.3) is 5.91 Å². The summed E-state index contributed by atoms with van der Waals surface area (Å²) in [7, 11) is 3.11. The first-order valence-electron chi connectivity index (χ1n) is 11.7. The van der Waals surface area contributed by atoms with Crippen LogP contribution < -0.4 is 24.8 Å². The van der Waals surface area contributed by atoms with Crippen LogP contribution in [0.1, 0.15) is 6.92 Å². The summed E-state index contributed by atoms with van der Waals surface area (Å²) in [6, 6.07) is 10.1. The molecule has 4 rings (SSSR count). The molecule has 12 heteroatoms. The van der Waals surface area contributed by atoms with Gasteiger partial charge in [-0.1, -0.05) is 11.6 Å². The largest absolute Gasteiger partial charge is 0.493 e. The Morgan fingerprint density at radius 3 is 2.51 bits per heavy atom. The Balaban J connectivity index is 1.45. The third-order valence-corrected chi connectivity index (χ3v) is 5.62. The normalized spacial score (nSPS) is 11.0. The maximum atomic E-state index is 12.7. The van der Waals surface area contributed by atoms with E-state index in [4.69, 9.17) is 36.0 Å². The third kappa shape index (κ3) is 6.51. The zero-order valence-electron chi connectivity index (χ0n) is 21.3. The molecule has 0 saturated heterocycles. The molecule has 0 aliphatic carbocycles. The van der Waals surface area contributed by atoms with Crippen LogP contribution in [0.4, 0.5) is 11.5 Å².